The molecular formula is C11H11N3O2. The van der Waals surface area contributed by atoms with E-state index >= 15 is 0 Å². The Hall–Kier alpha value is -2.17. The van der Waals surface area contributed by atoms with Gasteiger partial charge in [-0.2, -0.15) is 5.10 Å². The zero-order valence-corrected chi connectivity index (χ0v) is 9.01. The maximum absolute atomic E-state index is 10.8. The Kier molecular flexibility index (Phi) is 2.44. The van der Waals surface area contributed by atoms with Gasteiger partial charge in [-0.3, -0.25) is 0 Å². The summed E-state index contributed by atoms with van der Waals surface area (Å²) in [6.45, 7) is 3.81. The number of aromatic carboxylic acids is 1. The first-order valence-corrected chi connectivity index (χ1v) is 4.81. The molecular weight excluding hydrogens is 206 g/mol. The molecule has 82 valence electrons. The molecule has 16 heavy (non-hydrogen) atoms. The van der Waals surface area contributed by atoms with Gasteiger partial charge in [0, 0.05) is 11.9 Å². The number of aryl methyl sites for hydroxylation is 2. The average Bonchev–Trinajstić information content (AvgIpc) is 2.58. The summed E-state index contributed by atoms with van der Waals surface area (Å²) < 4.78 is 1.70. The maximum Gasteiger partial charge on any atom is 0.354 e. The minimum absolute atomic E-state index is 0.0186. The third-order valence-corrected chi connectivity index (χ3v) is 2.22. The fraction of sp³-hybridized carbons (Fsp3) is 0.182. The Morgan fingerprint density at radius 3 is 2.69 bits per heavy atom. The lowest BCUT2D eigenvalue weighted by atomic mass is 10.3. The number of carboxylic acid groups (broad SMARTS) is 1. The van der Waals surface area contributed by atoms with E-state index in [2.05, 4.69) is 10.1 Å². The molecule has 0 spiro atoms. The average molecular weight is 217 g/mol. The van der Waals surface area contributed by atoms with Crippen LogP contribution in [0.15, 0.2) is 24.4 Å². The molecule has 0 aliphatic rings. The molecule has 2 heterocycles. The van der Waals surface area contributed by atoms with Crippen molar-refractivity contribution in [3.8, 4) is 5.69 Å². The Labute approximate surface area is 92.4 Å². The first kappa shape index (κ1) is 10.4. The van der Waals surface area contributed by atoms with Gasteiger partial charge in [0.05, 0.1) is 11.4 Å². The van der Waals surface area contributed by atoms with Crippen LogP contribution in [0.4, 0.5) is 0 Å². The van der Waals surface area contributed by atoms with E-state index in [1.54, 1.807) is 10.7 Å². The van der Waals surface area contributed by atoms with Crippen LogP contribution >= 0.6 is 0 Å². The number of carboxylic acids is 1. The smallest absolute Gasteiger partial charge is 0.354 e. The summed E-state index contributed by atoms with van der Waals surface area (Å²) in [7, 11) is 0. The van der Waals surface area contributed by atoms with Crippen molar-refractivity contribution in [1.82, 2.24) is 14.8 Å². The quantitative estimate of drug-likeness (QED) is 0.829. The highest BCUT2D eigenvalue weighted by Gasteiger charge is 2.08. The highest BCUT2D eigenvalue weighted by molar-refractivity contribution is 5.85. The minimum Gasteiger partial charge on any atom is -0.477 e. The molecule has 0 aromatic carbocycles. The fourth-order valence-electron chi connectivity index (χ4n) is 1.56. The van der Waals surface area contributed by atoms with Crippen molar-refractivity contribution in [2.24, 2.45) is 0 Å². The van der Waals surface area contributed by atoms with Crippen molar-refractivity contribution >= 4 is 5.97 Å². The van der Waals surface area contributed by atoms with Gasteiger partial charge in [0.1, 0.15) is 5.69 Å². The normalized spacial score (nSPS) is 10.4. The summed E-state index contributed by atoms with van der Waals surface area (Å²) in [5.74, 6) is -1.04. The van der Waals surface area contributed by atoms with E-state index in [0.29, 0.717) is 5.69 Å². The molecule has 2 aromatic rings. The minimum atomic E-state index is -1.04. The lowest BCUT2D eigenvalue weighted by molar-refractivity contribution is 0.0690. The van der Waals surface area contributed by atoms with Gasteiger partial charge >= 0.3 is 5.97 Å². The molecule has 0 saturated carbocycles. The predicted octanol–water partition coefficient (Wildman–Crippen LogP) is 1.58. The Balaban J connectivity index is 2.52. The Morgan fingerprint density at radius 2 is 2.12 bits per heavy atom. The van der Waals surface area contributed by atoms with E-state index in [1.165, 1.54) is 12.3 Å². The molecule has 0 amide bonds. The van der Waals surface area contributed by atoms with Gasteiger partial charge in [-0.15, -0.1) is 0 Å². The lowest BCUT2D eigenvalue weighted by Gasteiger charge is -2.04. The zero-order chi connectivity index (χ0) is 11.7. The standard InChI is InChI=1S/C11H11N3O2/c1-7-5-8(2)14(13-7)9-3-4-12-10(6-9)11(15)16/h3-6H,1-2H3,(H,15,16). The Morgan fingerprint density at radius 1 is 1.38 bits per heavy atom. The summed E-state index contributed by atoms with van der Waals surface area (Å²) >= 11 is 0. The second kappa shape index (κ2) is 3.77. The van der Waals surface area contributed by atoms with E-state index in [-0.39, 0.29) is 5.69 Å². The van der Waals surface area contributed by atoms with E-state index in [4.69, 9.17) is 5.11 Å². The van der Waals surface area contributed by atoms with Gasteiger partial charge in [0.25, 0.3) is 0 Å². The molecule has 0 aliphatic heterocycles. The number of aromatic nitrogens is 3. The van der Waals surface area contributed by atoms with Crippen LogP contribution in [-0.2, 0) is 0 Å². The number of nitrogens with zero attached hydrogens (tertiary/aromatic N) is 3. The summed E-state index contributed by atoms with van der Waals surface area (Å²) in [4.78, 5) is 14.5. The number of hydrogen-bond donors (Lipinski definition) is 1. The van der Waals surface area contributed by atoms with E-state index in [1.807, 2.05) is 19.9 Å². The van der Waals surface area contributed by atoms with Crippen LogP contribution in [0.5, 0.6) is 0 Å². The number of hydrogen-bond acceptors (Lipinski definition) is 3. The fourth-order valence-corrected chi connectivity index (χ4v) is 1.56. The van der Waals surface area contributed by atoms with Gasteiger partial charge in [-0.25, -0.2) is 14.5 Å². The maximum atomic E-state index is 10.8. The van der Waals surface area contributed by atoms with E-state index in [0.717, 1.165) is 11.4 Å². The molecule has 2 aromatic heterocycles. The predicted molar refractivity (Wildman–Crippen MR) is 57.8 cm³/mol. The monoisotopic (exact) mass is 217 g/mol. The summed E-state index contributed by atoms with van der Waals surface area (Å²) in [5, 5.41) is 13.1. The molecule has 2 rings (SSSR count). The first-order chi connectivity index (χ1) is 7.58. The van der Waals surface area contributed by atoms with E-state index < -0.39 is 5.97 Å². The van der Waals surface area contributed by atoms with Gasteiger partial charge in [0.2, 0.25) is 0 Å². The lowest BCUT2D eigenvalue weighted by Crippen LogP contribution is -2.04. The number of carbonyl (C=O) groups is 1. The van der Waals surface area contributed by atoms with Crippen molar-refractivity contribution in [2.75, 3.05) is 0 Å². The molecule has 0 bridgehead atoms. The molecule has 5 heteroatoms. The van der Waals surface area contributed by atoms with Gasteiger partial charge in [-0.05, 0) is 32.0 Å². The van der Waals surface area contributed by atoms with Crippen LogP contribution in [-0.4, -0.2) is 25.8 Å². The molecule has 0 fully saturated rings. The second-order valence-corrected chi connectivity index (χ2v) is 3.54. The van der Waals surface area contributed by atoms with Crippen LogP contribution in [0.2, 0.25) is 0 Å². The third-order valence-electron chi connectivity index (χ3n) is 2.22. The molecule has 0 saturated heterocycles. The van der Waals surface area contributed by atoms with Crippen molar-refractivity contribution in [3.05, 3.63) is 41.5 Å². The zero-order valence-electron chi connectivity index (χ0n) is 9.01. The van der Waals surface area contributed by atoms with Crippen LogP contribution in [0.3, 0.4) is 0 Å². The van der Waals surface area contributed by atoms with E-state index in [9.17, 15) is 4.79 Å². The Bertz CT molecular complexity index is 546. The van der Waals surface area contributed by atoms with Crippen LogP contribution < -0.4 is 0 Å². The van der Waals surface area contributed by atoms with Crippen molar-refractivity contribution in [3.63, 3.8) is 0 Å². The highest BCUT2D eigenvalue weighted by Crippen LogP contribution is 2.12. The second-order valence-electron chi connectivity index (χ2n) is 3.54. The summed E-state index contributed by atoms with van der Waals surface area (Å²) in [6, 6.07) is 5.16. The largest absolute Gasteiger partial charge is 0.477 e. The SMILES string of the molecule is Cc1cc(C)n(-c2ccnc(C(=O)O)c2)n1. The van der Waals surface area contributed by atoms with Crippen LogP contribution in [0.25, 0.3) is 5.69 Å². The molecule has 0 radical (unpaired) electrons. The number of rotatable bonds is 2. The van der Waals surface area contributed by atoms with Gasteiger partial charge in [0.15, 0.2) is 0 Å². The van der Waals surface area contributed by atoms with Crippen molar-refractivity contribution < 1.29 is 9.90 Å². The molecule has 0 atom stereocenters. The topological polar surface area (TPSA) is 68.0 Å². The summed E-state index contributed by atoms with van der Waals surface area (Å²) in [5.41, 5.74) is 2.58. The number of pyridine rings is 1. The highest BCUT2D eigenvalue weighted by atomic mass is 16.4. The van der Waals surface area contributed by atoms with Gasteiger partial charge in [-0.1, -0.05) is 0 Å². The van der Waals surface area contributed by atoms with Crippen molar-refractivity contribution in [1.29, 1.82) is 0 Å². The molecule has 0 aliphatic carbocycles. The van der Waals surface area contributed by atoms with Crippen LogP contribution in [0, 0.1) is 13.8 Å². The molecule has 5 nitrogen and oxygen atoms in total. The first-order valence-electron chi connectivity index (χ1n) is 4.81. The molecule has 0 unspecified atom stereocenters. The van der Waals surface area contributed by atoms with Crippen molar-refractivity contribution in [2.45, 2.75) is 13.8 Å². The molecule has 1 N–H and O–H groups in total. The van der Waals surface area contributed by atoms with Gasteiger partial charge < -0.3 is 5.11 Å². The van der Waals surface area contributed by atoms with Crippen LogP contribution in [0.1, 0.15) is 21.9 Å². The third kappa shape index (κ3) is 1.79. The summed E-state index contributed by atoms with van der Waals surface area (Å²) in [6.07, 6.45) is 1.47.